The average Bonchev–Trinajstić information content (AvgIpc) is 2.84. The predicted octanol–water partition coefficient (Wildman–Crippen LogP) is 0.794. The van der Waals surface area contributed by atoms with E-state index >= 15 is 0 Å². The average molecular weight is 181 g/mol. The fourth-order valence-electron chi connectivity index (χ4n) is 1.44. The Morgan fingerprint density at radius 2 is 2.31 bits per heavy atom. The van der Waals surface area contributed by atoms with Crippen molar-refractivity contribution in [2.75, 3.05) is 0 Å². The molecule has 1 heterocycles. The van der Waals surface area contributed by atoms with Crippen molar-refractivity contribution >= 4 is 0 Å². The van der Waals surface area contributed by atoms with Crippen LogP contribution in [0.2, 0.25) is 0 Å². The highest BCUT2D eigenvalue weighted by Crippen LogP contribution is 2.33. The fourth-order valence-corrected chi connectivity index (χ4v) is 1.44. The van der Waals surface area contributed by atoms with Gasteiger partial charge < -0.3 is 0 Å². The normalized spacial score (nSPS) is 16.4. The Kier molecular flexibility index (Phi) is 2.54. The van der Waals surface area contributed by atoms with Crippen molar-refractivity contribution in [1.29, 1.82) is 0 Å². The van der Waals surface area contributed by atoms with E-state index in [0.717, 1.165) is 18.9 Å². The van der Waals surface area contributed by atoms with Gasteiger partial charge in [0.05, 0.1) is 0 Å². The van der Waals surface area contributed by atoms with Crippen LogP contribution in [-0.4, -0.2) is 20.2 Å². The minimum Gasteiger partial charge on any atom is -0.228 e. The van der Waals surface area contributed by atoms with Crippen LogP contribution in [0.1, 0.15) is 31.5 Å². The first-order valence-corrected chi connectivity index (χ1v) is 4.73. The SMILES string of the molecule is [O]Cc1nnnn1CCCC1CC1. The minimum absolute atomic E-state index is 0.323. The summed E-state index contributed by atoms with van der Waals surface area (Å²) in [5, 5.41) is 21.4. The van der Waals surface area contributed by atoms with Crippen LogP contribution >= 0.6 is 0 Å². The molecule has 1 saturated carbocycles. The summed E-state index contributed by atoms with van der Waals surface area (Å²) >= 11 is 0. The molecule has 5 nitrogen and oxygen atoms in total. The molecule has 0 bridgehead atoms. The molecular formula is C8H13N4O. The Morgan fingerprint density at radius 3 is 3.00 bits per heavy atom. The van der Waals surface area contributed by atoms with Crippen LogP contribution in [0.15, 0.2) is 0 Å². The van der Waals surface area contributed by atoms with Gasteiger partial charge in [0.1, 0.15) is 6.61 Å². The maximum Gasteiger partial charge on any atom is 0.180 e. The zero-order valence-electron chi connectivity index (χ0n) is 7.52. The number of aromatic nitrogens is 4. The Hall–Kier alpha value is -0.970. The van der Waals surface area contributed by atoms with Crippen LogP contribution < -0.4 is 0 Å². The van der Waals surface area contributed by atoms with Crippen molar-refractivity contribution < 1.29 is 5.11 Å². The van der Waals surface area contributed by atoms with E-state index in [9.17, 15) is 5.11 Å². The monoisotopic (exact) mass is 181 g/mol. The largest absolute Gasteiger partial charge is 0.228 e. The molecule has 0 aliphatic heterocycles. The summed E-state index contributed by atoms with van der Waals surface area (Å²) in [7, 11) is 0. The van der Waals surface area contributed by atoms with Crippen LogP contribution in [0.5, 0.6) is 0 Å². The molecule has 0 N–H and O–H groups in total. The topological polar surface area (TPSA) is 63.5 Å². The lowest BCUT2D eigenvalue weighted by Crippen LogP contribution is -2.05. The molecule has 5 heteroatoms. The zero-order chi connectivity index (χ0) is 9.10. The fraction of sp³-hybridized carbons (Fsp3) is 0.875. The van der Waals surface area contributed by atoms with Gasteiger partial charge in [-0.1, -0.05) is 12.8 Å². The van der Waals surface area contributed by atoms with E-state index in [1.54, 1.807) is 4.68 Å². The molecule has 0 amide bonds. The number of rotatable bonds is 5. The van der Waals surface area contributed by atoms with Crippen LogP contribution in [0.4, 0.5) is 0 Å². The maximum absolute atomic E-state index is 10.6. The van der Waals surface area contributed by atoms with Crippen molar-refractivity contribution in [3.8, 4) is 0 Å². The second kappa shape index (κ2) is 3.83. The van der Waals surface area contributed by atoms with Gasteiger partial charge in [0, 0.05) is 6.54 Å². The summed E-state index contributed by atoms with van der Waals surface area (Å²) in [5.41, 5.74) is 0. The van der Waals surface area contributed by atoms with Crippen molar-refractivity contribution in [3.63, 3.8) is 0 Å². The van der Waals surface area contributed by atoms with Gasteiger partial charge in [-0.15, -0.1) is 5.10 Å². The number of nitrogens with zero attached hydrogens (tertiary/aromatic N) is 4. The molecular weight excluding hydrogens is 168 g/mol. The standard InChI is InChI=1S/C8H13N4O/c13-6-8-9-10-11-12(8)5-1-2-7-3-4-7/h7H,1-6H2. The van der Waals surface area contributed by atoms with Crippen LogP contribution in [-0.2, 0) is 18.3 Å². The third-order valence-corrected chi connectivity index (χ3v) is 2.41. The lowest BCUT2D eigenvalue weighted by atomic mass is 10.2. The first-order valence-electron chi connectivity index (χ1n) is 4.73. The van der Waals surface area contributed by atoms with Gasteiger partial charge >= 0.3 is 0 Å². The third kappa shape index (κ3) is 2.24. The van der Waals surface area contributed by atoms with E-state index in [0.29, 0.717) is 5.82 Å². The van der Waals surface area contributed by atoms with E-state index in [-0.39, 0.29) is 6.61 Å². The first-order chi connectivity index (χ1) is 6.40. The molecule has 0 aromatic carbocycles. The molecule has 0 unspecified atom stereocenters. The van der Waals surface area contributed by atoms with Crippen LogP contribution in [0.3, 0.4) is 0 Å². The summed E-state index contributed by atoms with van der Waals surface area (Å²) < 4.78 is 1.62. The summed E-state index contributed by atoms with van der Waals surface area (Å²) in [6.07, 6.45) is 5.09. The number of tetrazole rings is 1. The van der Waals surface area contributed by atoms with E-state index in [2.05, 4.69) is 15.5 Å². The molecule has 71 valence electrons. The summed E-state index contributed by atoms with van der Waals surface area (Å²) in [6.45, 7) is 0.470. The van der Waals surface area contributed by atoms with Gasteiger partial charge in [-0.2, -0.15) is 0 Å². The van der Waals surface area contributed by atoms with E-state index < -0.39 is 0 Å². The Morgan fingerprint density at radius 1 is 1.46 bits per heavy atom. The first kappa shape index (κ1) is 8.62. The quantitative estimate of drug-likeness (QED) is 0.674. The van der Waals surface area contributed by atoms with Crippen molar-refractivity contribution in [1.82, 2.24) is 20.2 Å². The number of hydrogen-bond acceptors (Lipinski definition) is 3. The minimum atomic E-state index is -0.323. The van der Waals surface area contributed by atoms with Crippen molar-refractivity contribution in [3.05, 3.63) is 5.82 Å². The highest BCUT2D eigenvalue weighted by atomic mass is 16.3. The van der Waals surface area contributed by atoms with Crippen LogP contribution in [0.25, 0.3) is 0 Å². The molecule has 13 heavy (non-hydrogen) atoms. The predicted molar refractivity (Wildman–Crippen MR) is 44.2 cm³/mol. The molecule has 1 fully saturated rings. The highest BCUT2D eigenvalue weighted by molar-refractivity contribution is 4.77. The van der Waals surface area contributed by atoms with Gasteiger partial charge in [-0.3, -0.25) is 0 Å². The van der Waals surface area contributed by atoms with Crippen molar-refractivity contribution in [2.45, 2.75) is 38.8 Å². The zero-order valence-corrected chi connectivity index (χ0v) is 7.52. The van der Waals surface area contributed by atoms with Crippen LogP contribution in [0, 0.1) is 5.92 Å². The number of aryl methyl sites for hydroxylation is 1. The van der Waals surface area contributed by atoms with E-state index in [1.165, 1.54) is 19.3 Å². The van der Waals surface area contributed by atoms with Crippen molar-refractivity contribution in [2.24, 2.45) is 5.92 Å². The second-order valence-electron chi connectivity index (χ2n) is 3.55. The molecule has 1 aliphatic carbocycles. The van der Waals surface area contributed by atoms with E-state index in [4.69, 9.17) is 0 Å². The third-order valence-electron chi connectivity index (χ3n) is 2.41. The lowest BCUT2D eigenvalue weighted by molar-refractivity contribution is 0.164. The maximum atomic E-state index is 10.6. The van der Waals surface area contributed by atoms with Gasteiger partial charge in [-0.25, -0.2) is 9.79 Å². The molecule has 2 rings (SSSR count). The van der Waals surface area contributed by atoms with Gasteiger partial charge in [0.2, 0.25) is 0 Å². The molecule has 1 aliphatic rings. The molecule has 1 radical (unpaired) electrons. The van der Waals surface area contributed by atoms with Gasteiger partial charge in [-0.05, 0) is 29.2 Å². The summed E-state index contributed by atoms with van der Waals surface area (Å²) in [5.74, 6) is 1.39. The molecule has 1 aromatic heterocycles. The Labute approximate surface area is 76.8 Å². The summed E-state index contributed by atoms with van der Waals surface area (Å²) in [4.78, 5) is 0. The van der Waals surface area contributed by atoms with Gasteiger partial charge in [0.15, 0.2) is 5.82 Å². The summed E-state index contributed by atoms with van der Waals surface area (Å²) in [6, 6.07) is 0. The number of hydrogen-bond donors (Lipinski definition) is 0. The van der Waals surface area contributed by atoms with E-state index in [1.807, 2.05) is 0 Å². The molecule has 0 saturated heterocycles. The molecule has 0 spiro atoms. The second-order valence-corrected chi connectivity index (χ2v) is 3.55. The molecule has 0 atom stereocenters. The van der Waals surface area contributed by atoms with Gasteiger partial charge in [0.25, 0.3) is 0 Å². The molecule has 1 aromatic rings. The lowest BCUT2D eigenvalue weighted by Gasteiger charge is -2.00. The Bertz CT molecular complexity index is 269. The Balaban J connectivity index is 1.78. The highest BCUT2D eigenvalue weighted by Gasteiger charge is 2.20. The smallest absolute Gasteiger partial charge is 0.180 e.